The average molecular weight is 464 g/mol. The van der Waals surface area contributed by atoms with Crippen LogP contribution in [0.2, 0.25) is 0 Å². The molecule has 7 nitrogen and oxygen atoms in total. The number of nitriles is 1. The first kappa shape index (κ1) is 26.5. The van der Waals surface area contributed by atoms with E-state index in [-0.39, 0.29) is 30.2 Å². The smallest absolute Gasteiger partial charge is 0.266 e. The lowest BCUT2D eigenvalue weighted by Gasteiger charge is -2.30. The van der Waals surface area contributed by atoms with Gasteiger partial charge >= 0.3 is 0 Å². The Morgan fingerprint density at radius 1 is 1.03 bits per heavy atom. The highest BCUT2D eigenvalue weighted by Gasteiger charge is 2.21. The minimum absolute atomic E-state index is 0.0450. The van der Waals surface area contributed by atoms with E-state index >= 15 is 0 Å². The summed E-state index contributed by atoms with van der Waals surface area (Å²) in [7, 11) is 0. The van der Waals surface area contributed by atoms with Gasteiger partial charge in [-0.15, -0.1) is 0 Å². The number of anilines is 1. The van der Waals surface area contributed by atoms with Gasteiger partial charge in [0.15, 0.2) is 18.1 Å². The molecule has 0 aromatic heterocycles. The molecule has 0 unspecified atom stereocenters. The van der Waals surface area contributed by atoms with Gasteiger partial charge in [0.05, 0.1) is 6.61 Å². The number of hydrogen-bond donors (Lipinski definition) is 1. The van der Waals surface area contributed by atoms with E-state index in [1.165, 1.54) is 6.08 Å². The van der Waals surface area contributed by atoms with Gasteiger partial charge in [-0.25, -0.2) is 0 Å². The number of nitrogens with one attached hydrogen (secondary N) is 1. The largest absolute Gasteiger partial charge is 0.490 e. The van der Waals surface area contributed by atoms with Crippen LogP contribution in [0.1, 0.15) is 45.7 Å². The molecule has 2 aromatic carbocycles. The Morgan fingerprint density at radius 3 is 2.24 bits per heavy atom. The van der Waals surface area contributed by atoms with Crippen LogP contribution in [-0.4, -0.2) is 42.0 Å². The molecule has 0 saturated heterocycles. The molecule has 0 atom stereocenters. The molecule has 0 aliphatic heterocycles. The molecule has 2 rings (SSSR count). The van der Waals surface area contributed by atoms with Gasteiger partial charge in [-0.05, 0) is 77.4 Å². The van der Waals surface area contributed by atoms with Crippen molar-refractivity contribution in [2.24, 2.45) is 0 Å². The third-order valence-corrected chi connectivity index (χ3v) is 5.00. The van der Waals surface area contributed by atoms with Gasteiger partial charge in [0.25, 0.3) is 11.8 Å². The first-order chi connectivity index (χ1) is 16.2. The first-order valence-corrected chi connectivity index (χ1v) is 11.4. The van der Waals surface area contributed by atoms with Crippen molar-refractivity contribution >= 4 is 23.6 Å². The summed E-state index contributed by atoms with van der Waals surface area (Å²) >= 11 is 0. The summed E-state index contributed by atoms with van der Waals surface area (Å²) in [5, 5.41) is 12.2. The van der Waals surface area contributed by atoms with Crippen LogP contribution in [0.3, 0.4) is 0 Å². The molecule has 0 heterocycles. The van der Waals surface area contributed by atoms with Crippen molar-refractivity contribution in [1.82, 2.24) is 4.90 Å². The summed E-state index contributed by atoms with van der Waals surface area (Å²) in [6.45, 7) is 11.9. The van der Waals surface area contributed by atoms with Crippen LogP contribution in [0.25, 0.3) is 6.08 Å². The number of ether oxygens (including phenoxy) is 2. The summed E-state index contributed by atoms with van der Waals surface area (Å²) in [6, 6.07) is 14.5. The van der Waals surface area contributed by atoms with Crippen LogP contribution in [0.15, 0.2) is 48.0 Å². The molecule has 34 heavy (non-hydrogen) atoms. The highest BCUT2D eigenvalue weighted by atomic mass is 16.5. The standard InChI is InChI=1S/C27H33N3O4/c1-7-33-25-15-21(10-13-24(25)34-17-26(31)30(18(2)3)19(4)5)14-22(16-28)27(32)29-23-11-8-20(6)9-12-23/h8-15,18-19H,7,17H2,1-6H3,(H,29,32)/b22-14+. The van der Waals surface area contributed by atoms with Gasteiger partial charge in [0.2, 0.25) is 0 Å². The van der Waals surface area contributed by atoms with Crippen molar-refractivity contribution in [1.29, 1.82) is 5.26 Å². The summed E-state index contributed by atoms with van der Waals surface area (Å²) in [5.41, 5.74) is 2.24. The van der Waals surface area contributed by atoms with E-state index in [0.717, 1.165) is 5.56 Å². The topological polar surface area (TPSA) is 91.7 Å². The molecule has 0 saturated carbocycles. The number of benzene rings is 2. The van der Waals surface area contributed by atoms with E-state index in [0.29, 0.717) is 29.4 Å². The average Bonchev–Trinajstić information content (AvgIpc) is 2.78. The minimum Gasteiger partial charge on any atom is -0.490 e. The van der Waals surface area contributed by atoms with Crippen molar-refractivity contribution < 1.29 is 19.1 Å². The fourth-order valence-electron chi connectivity index (χ4n) is 3.54. The second kappa shape index (κ2) is 12.4. The van der Waals surface area contributed by atoms with Gasteiger partial charge in [0.1, 0.15) is 11.6 Å². The number of nitrogens with zero attached hydrogens (tertiary/aromatic N) is 2. The van der Waals surface area contributed by atoms with Gasteiger partial charge in [0, 0.05) is 17.8 Å². The Kier molecular flexibility index (Phi) is 9.69. The normalized spacial score (nSPS) is 11.2. The number of carbonyl (C=O) groups excluding carboxylic acids is 2. The van der Waals surface area contributed by atoms with Crippen LogP contribution >= 0.6 is 0 Å². The molecule has 2 aromatic rings. The first-order valence-electron chi connectivity index (χ1n) is 11.4. The fourth-order valence-corrected chi connectivity index (χ4v) is 3.54. The maximum Gasteiger partial charge on any atom is 0.266 e. The quantitative estimate of drug-likeness (QED) is 0.397. The highest BCUT2D eigenvalue weighted by molar-refractivity contribution is 6.09. The summed E-state index contributed by atoms with van der Waals surface area (Å²) in [5.74, 6) is 0.233. The molecule has 2 amide bonds. The van der Waals surface area contributed by atoms with Crippen LogP contribution in [-0.2, 0) is 9.59 Å². The number of hydrogen-bond acceptors (Lipinski definition) is 5. The van der Waals surface area contributed by atoms with Crippen molar-refractivity contribution in [2.75, 3.05) is 18.5 Å². The third-order valence-electron chi connectivity index (χ3n) is 5.00. The second-order valence-corrected chi connectivity index (χ2v) is 8.41. The molecule has 0 fully saturated rings. The van der Waals surface area contributed by atoms with Crippen molar-refractivity contribution in [2.45, 2.75) is 53.6 Å². The molecular formula is C27H33N3O4. The van der Waals surface area contributed by atoms with E-state index in [4.69, 9.17) is 9.47 Å². The number of carbonyl (C=O) groups is 2. The Bertz CT molecular complexity index is 1060. The lowest BCUT2D eigenvalue weighted by atomic mass is 10.1. The SMILES string of the molecule is CCOc1cc(/C=C(\C#N)C(=O)Nc2ccc(C)cc2)ccc1OCC(=O)N(C(C)C)C(C)C. The summed E-state index contributed by atoms with van der Waals surface area (Å²) in [4.78, 5) is 27.0. The highest BCUT2D eigenvalue weighted by Crippen LogP contribution is 2.29. The van der Waals surface area contributed by atoms with Crippen LogP contribution < -0.4 is 14.8 Å². The van der Waals surface area contributed by atoms with E-state index < -0.39 is 5.91 Å². The molecule has 1 N–H and O–H groups in total. The van der Waals surface area contributed by atoms with Crippen molar-refractivity contribution in [3.05, 3.63) is 59.2 Å². The summed E-state index contributed by atoms with van der Waals surface area (Å²) in [6.07, 6.45) is 1.49. The molecule has 0 radical (unpaired) electrons. The predicted molar refractivity (Wildman–Crippen MR) is 134 cm³/mol. The second-order valence-electron chi connectivity index (χ2n) is 8.41. The van der Waals surface area contributed by atoms with Gasteiger partial charge in [-0.2, -0.15) is 5.26 Å². The fraction of sp³-hybridized carbons (Fsp3) is 0.370. The summed E-state index contributed by atoms with van der Waals surface area (Å²) < 4.78 is 11.5. The Hall–Kier alpha value is -3.79. The van der Waals surface area contributed by atoms with Crippen molar-refractivity contribution in [3.8, 4) is 17.6 Å². The number of aryl methyl sites for hydroxylation is 1. The zero-order chi connectivity index (χ0) is 25.3. The predicted octanol–water partition coefficient (Wildman–Crippen LogP) is 4.96. The van der Waals surface area contributed by atoms with Gasteiger partial charge in [-0.1, -0.05) is 23.8 Å². The molecule has 0 spiro atoms. The maximum absolute atomic E-state index is 12.6. The minimum atomic E-state index is -0.502. The van der Waals surface area contributed by atoms with E-state index in [2.05, 4.69) is 5.32 Å². The van der Waals surface area contributed by atoms with E-state index in [1.54, 1.807) is 35.2 Å². The number of rotatable bonds is 10. The molecule has 0 aliphatic rings. The molecule has 0 aliphatic carbocycles. The number of amides is 2. The van der Waals surface area contributed by atoms with E-state index in [9.17, 15) is 14.9 Å². The molecule has 180 valence electrons. The zero-order valence-electron chi connectivity index (χ0n) is 20.7. The van der Waals surface area contributed by atoms with Crippen molar-refractivity contribution in [3.63, 3.8) is 0 Å². The lowest BCUT2D eigenvalue weighted by Crippen LogP contribution is -2.44. The van der Waals surface area contributed by atoms with Crippen LogP contribution in [0, 0.1) is 18.3 Å². The van der Waals surface area contributed by atoms with Gasteiger partial charge in [-0.3, -0.25) is 9.59 Å². The van der Waals surface area contributed by atoms with E-state index in [1.807, 2.05) is 59.7 Å². The molecule has 0 bridgehead atoms. The Balaban J connectivity index is 2.20. The monoisotopic (exact) mass is 463 g/mol. The van der Waals surface area contributed by atoms with Crippen LogP contribution in [0.5, 0.6) is 11.5 Å². The van der Waals surface area contributed by atoms with Crippen LogP contribution in [0.4, 0.5) is 5.69 Å². The lowest BCUT2D eigenvalue weighted by molar-refractivity contribution is -0.137. The Morgan fingerprint density at radius 2 is 1.68 bits per heavy atom. The maximum atomic E-state index is 12.6. The molecular weight excluding hydrogens is 430 g/mol. The van der Waals surface area contributed by atoms with Gasteiger partial charge < -0.3 is 19.7 Å². The zero-order valence-corrected chi connectivity index (χ0v) is 20.7. The third kappa shape index (κ3) is 7.38. The molecule has 7 heteroatoms. The Labute approximate surface area is 202 Å².